The lowest BCUT2D eigenvalue weighted by Gasteiger charge is -2.35. The number of carbonyl (C=O) groups is 1. The van der Waals surface area contributed by atoms with Gasteiger partial charge in [0.1, 0.15) is 4.88 Å². The van der Waals surface area contributed by atoms with Gasteiger partial charge in [0.05, 0.1) is 12.5 Å². The minimum Gasteiger partial charge on any atom is -0.462 e. The highest BCUT2D eigenvalue weighted by Crippen LogP contribution is 2.31. The highest BCUT2D eigenvalue weighted by atomic mass is 32.1. The normalized spacial score (nSPS) is 27.0. The molecule has 2 saturated heterocycles. The highest BCUT2D eigenvalue weighted by Gasteiger charge is 2.36. The average Bonchev–Trinajstić information content (AvgIpc) is 3.25. The van der Waals surface area contributed by atoms with E-state index in [9.17, 15) is 4.79 Å². The second-order valence-electron chi connectivity index (χ2n) is 6.19. The third-order valence-corrected chi connectivity index (χ3v) is 5.76. The van der Waals surface area contributed by atoms with Crippen molar-refractivity contribution in [2.45, 2.75) is 43.8 Å². The second kappa shape index (κ2) is 5.52. The summed E-state index contributed by atoms with van der Waals surface area (Å²) in [5, 5.41) is 4.37. The Morgan fingerprint density at radius 2 is 2.18 bits per heavy atom. The largest absolute Gasteiger partial charge is 0.462 e. The summed E-state index contributed by atoms with van der Waals surface area (Å²) in [6, 6.07) is 5.19. The number of hydrogen-bond acceptors (Lipinski definition) is 5. The van der Waals surface area contributed by atoms with Crippen LogP contribution < -0.4 is 5.32 Å². The van der Waals surface area contributed by atoms with Gasteiger partial charge in [0, 0.05) is 25.2 Å². The predicted octanol–water partition coefficient (Wildman–Crippen LogP) is 2.76. The first-order chi connectivity index (χ1) is 10.7. The molecule has 4 rings (SSSR count). The summed E-state index contributed by atoms with van der Waals surface area (Å²) < 4.78 is 5.34. The van der Waals surface area contributed by atoms with Gasteiger partial charge in [-0.25, -0.2) is 4.98 Å². The number of rotatable bonds is 3. The van der Waals surface area contributed by atoms with E-state index in [0.29, 0.717) is 28.8 Å². The number of thiazole rings is 1. The van der Waals surface area contributed by atoms with Crippen LogP contribution in [0.4, 0.5) is 0 Å². The van der Waals surface area contributed by atoms with Crippen molar-refractivity contribution in [3.8, 4) is 10.8 Å². The number of hydrogen-bond donors (Lipinski definition) is 1. The van der Waals surface area contributed by atoms with Crippen LogP contribution in [0.2, 0.25) is 0 Å². The van der Waals surface area contributed by atoms with Crippen LogP contribution in [0.15, 0.2) is 29.0 Å². The third kappa shape index (κ3) is 2.46. The second-order valence-corrected chi connectivity index (χ2v) is 7.22. The van der Waals surface area contributed by atoms with Crippen LogP contribution in [0.3, 0.4) is 0 Å². The van der Waals surface area contributed by atoms with E-state index in [1.165, 1.54) is 24.2 Å². The number of fused-ring (bicyclic) bond motifs is 2. The fourth-order valence-corrected chi connectivity index (χ4v) is 4.44. The number of nitrogens with zero attached hydrogens (tertiary/aromatic N) is 2. The molecule has 0 spiro atoms. The number of nitrogens with one attached hydrogen (secondary N) is 1. The number of furan rings is 1. The minimum atomic E-state index is 0.0709. The van der Waals surface area contributed by atoms with Crippen molar-refractivity contribution in [3.05, 3.63) is 29.5 Å². The maximum atomic E-state index is 12.7. The van der Waals surface area contributed by atoms with E-state index in [-0.39, 0.29) is 5.91 Å². The summed E-state index contributed by atoms with van der Waals surface area (Å²) in [5.41, 5.74) is 0. The summed E-state index contributed by atoms with van der Waals surface area (Å²) in [6.45, 7) is 0. The first-order valence-electron chi connectivity index (χ1n) is 7.73. The molecule has 2 bridgehead atoms. The standard InChI is InChI=1S/C16H19N3O2S/c1-19(12-7-10-4-5-11(8-12)18-10)16(20)14-9-17-15(22-14)13-3-2-6-21-13/h2-3,6,9-12,18H,4-5,7-8H2,1H3. The van der Waals surface area contributed by atoms with Crippen molar-refractivity contribution in [1.29, 1.82) is 0 Å². The topological polar surface area (TPSA) is 58.4 Å². The summed E-state index contributed by atoms with van der Waals surface area (Å²) in [6.07, 6.45) is 7.89. The Kier molecular flexibility index (Phi) is 3.50. The number of piperidine rings is 1. The third-order valence-electron chi connectivity index (χ3n) is 4.76. The Hall–Kier alpha value is -1.66. The van der Waals surface area contributed by atoms with E-state index in [2.05, 4.69) is 10.3 Å². The number of carbonyl (C=O) groups excluding carboxylic acids is 1. The molecule has 2 aliphatic heterocycles. The molecule has 0 aliphatic carbocycles. The van der Waals surface area contributed by atoms with Crippen molar-refractivity contribution in [2.24, 2.45) is 0 Å². The molecule has 5 nitrogen and oxygen atoms in total. The lowest BCUT2D eigenvalue weighted by molar-refractivity contribution is 0.0686. The van der Waals surface area contributed by atoms with Crippen LogP contribution >= 0.6 is 11.3 Å². The van der Waals surface area contributed by atoms with Gasteiger partial charge >= 0.3 is 0 Å². The SMILES string of the molecule is CN(C(=O)c1cnc(-c2ccco2)s1)C1CC2CCC(C1)N2. The quantitative estimate of drug-likeness (QED) is 0.945. The Morgan fingerprint density at radius 3 is 2.86 bits per heavy atom. The van der Waals surface area contributed by atoms with Crippen molar-refractivity contribution >= 4 is 17.2 Å². The highest BCUT2D eigenvalue weighted by molar-refractivity contribution is 7.16. The zero-order valence-corrected chi connectivity index (χ0v) is 13.3. The first kappa shape index (κ1) is 14.0. The van der Waals surface area contributed by atoms with Crippen LogP contribution in [-0.4, -0.2) is 41.0 Å². The van der Waals surface area contributed by atoms with Crippen molar-refractivity contribution in [2.75, 3.05) is 7.05 Å². The minimum absolute atomic E-state index is 0.0709. The number of aromatic nitrogens is 1. The molecule has 1 N–H and O–H groups in total. The smallest absolute Gasteiger partial charge is 0.265 e. The van der Waals surface area contributed by atoms with E-state index >= 15 is 0 Å². The zero-order valence-electron chi connectivity index (χ0n) is 12.5. The van der Waals surface area contributed by atoms with Gasteiger partial charge in [-0.2, -0.15) is 0 Å². The lowest BCUT2D eigenvalue weighted by atomic mass is 9.98. The van der Waals surface area contributed by atoms with E-state index in [0.717, 1.165) is 17.8 Å². The molecule has 0 radical (unpaired) electrons. The first-order valence-corrected chi connectivity index (χ1v) is 8.55. The van der Waals surface area contributed by atoms with Gasteiger partial charge < -0.3 is 14.6 Å². The Morgan fingerprint density at radius 1 is 1.41 bits per heavy atom. The molecular formula is C16H19N3O2S. The zero-order chi connectivity index (χ0) is 15.1. The van der Waals surface area contributed by atoms with Crippen molar-refractivity contribution in [1.82, 2.24) is 15.2 Å². The van der Waals surface area contributed by atoms with Crippen molar-refractivity contribution in [3.63, 3.8) is 0 Å². The van der Waals surface area contributed by atoms with E-state index in [4.69, 9.17) is 4.42 Å². The van der Waals surface area contributed by atoms with Crippen LogP contribution in [0.1, 0.15) is 35.4 Å². The molecule has 2 fully saturated rings. The van der Waals surface area contributed by atoms with Gasteiger partial charge in [0.15, 0.2) is 10.8 Å². The fourth-order valence-electron chi connectivity index (χ4n) is 3.57. The van der Waals surface area contributed by atoms with E-state index in [1.54, 1.807) is 12.5 Å². The molecule has 2 atom stereocenters. The predicted molar refractivity (Wildman–Crippen MR) is 84.9 cm³/mol. The van der Waals surface area contributed by atoms with E-state index in [1.807, 2.05) is 24.1 Å². The summed E-state index contributed by atoms with van der Waals surface area (Å²) in [5.74, 6) is 0.785. The number of amides is 1. The summed E-state index contributed by atoms with van der Waals surface area (Å²) in [4.78, 5) is 19.6. The van der Waals surface area contributed by atoms with Gasteiger partial charge in [0.25, 0.3) is 5.91 Å². The maximum absolute atomic E-state index is 12.7. The molecule has 116 valence electrons. The molecule has 6 heteroatoms. The van der Waals surface area contributed by atoms with Crippen LogP contribution in [-0.2, 0) is 0 Å². The average molecular weight is 317 g/mol. The molecule has 0 aromatic carbocycles. The monoisotopic (exact) mass is 317 g/mol. The maximum Gasteiger partial charge on any atom is 0.265 e. The van der Waals surface area contributed by atoms with E-state index < -0.39 is 0 Å². The van der Waals surface area contributed by atoms with Crippen LogP contribution in [0, 0.1) is 0 Å². The van der Waals surface area contributed by atoms with Crippen LogP contribution in [0.25, 0.3) is 10.8 Å². The van der Waals surface area contributed by atoms with Gasteiger partial charge in [-0.1, -0.05) is 0 Å². The molecule has 2 aromatic heterocycles. The Bertz CT molecular complexity index is 655. The lowest BCUT2D eigenvalue weighted by Crippen LogP contribution is -2.48. The molecule has 0 saturated carbocycles. The molecule has 2 aliphatic rings. The molecule has 2 unspecified atom stereocenters. The van der Waals surface area contributed by atoms with Crippen LogP contribution in [0.5, 0.6) is 0 Å². The Labute approximate surface area is 133 Å². The Balaban J connectivity index is 1.49. The molecule has 22 heavy (non-hydrogen) atoms. The summed E-state index contributed by atoms with van der Waals surface area (Å²) >= 11 is 1.40. The molecule has 4 heterocycles. The molecular weight excluding hydrogens is 298 g/mol. The molecule has 1 amide bonds. The van der Waals surface area contributed by atoms with Gasteiger partial charge in [-0.05, 0) is 37.8 Å². The van der Waals surface area contributed by atoms with Gasteiger partial charge in [-0.3, -0.25) is 4.79 Å². The summed E-state index contributed by atoms with van der Waals surface area (Å²) in [7, 11) is 1.92. The fraction of sp³-hybridized carbons (Fsp3) is 0.500. The van der Waals surface area contributed by atoms with Crippen molar-refractivity contribution < 1.29 is 9.21 Å². The van der Waals surface area contributed by atoms with Gasteiger partial charge in [-0.15, -0.1) is 11.3 Å². The molecule has 2 aromatic rings. The van der Waals surface area contributed by atoms with Gasteiger partial charge in [0.2, 0.25) is 0 Å².